The fourth-order valence-corrected chi connectivity index (χ4v) is 3.90. The summed E-state index contributed by atoms with van der Waals surface area (Å²) in [4.78, 5) is 31.4. The number of nitrogens with one attached hydrogen (secondary N) is 1. The molecule has 1 N–H and O–H groups in total. The Morgan fingerprint density at radius 3 is 2.52 bits per heavy atom. The van der Waals surface area contributed by atoms with E-state index in [0.717, 1.165) is 15.5 Å². The van der Waals surface area contributed by atoms with Gasteiger partial charge < -0.3 is 5.32 Å². The Balaban J connectivity index is 1.44. The third-order valence-corrected chi connectivity index (χ3v) is 5.53. The number of benzene rings is 3. The number of fused-ring (bicyclic) bond motifs is 1. The Morgan fingerprint density at radius 1 is 0.931 bits per heavy atom. The lowest BCUT2D eigenvalue weighted by Gasteiger charge is -2.11. The monoisotopic (exact) mass is 401 g/mol. The number of hydrogen-bond donors (Lipinski definition) is 1. The largest absolute Gasteiger partial charge is 0.325 e. The average molecular weight is 401 g/mol. The number of amides is 1. The molecule has 29 heavy (non-hydrogen) atoms. The van der Waals surface area contributed by atoms with Crippen LogP contribution in [-0.2, 0) is 11.3 Å². The SMILES string of the molecule is O=C(CCn1cnc2ccccc2c1=O)Nc1ccccc1Sc1ccccc1. The van der Waals surface area contributed by atoms with Gasteiger partial charge >= 0.3 is 0 Å². The molecule has 0 aliphatic carbocycles. The topological polar surface area (TPSA) is 64.0 Å². The summed E-state index contributed by atoms with van der Waals surface area (Å²) < 4.78 is 1.48. The van der Waals surface area contributed by atoms with Gasteiger partial charge in [-0.25, -0.2) is 4.98 Å². The first-order valence-electron chi connectivity index (χ1n) is 9.27. The second-order valence-electron chi connectivity index (χ2n) is 6.47. The van der Waals surface area contributed by atoms with Gasteiger partial charge in [-0.05, 0) is 36.4 Å². The summed E-state index contributed by atoms with van der Waals surface area (Å²) in [6.07, 6.45) is 1.68. The zero-order valence-electron chi connectivity index (χ0n) is 15.6. The van der Waals surface area contributed by atoms with Gasteiger partial charge in [-0.3, -0.25) is 14.2 Å². The highest BCUT2D eigenvalue weighted by Crippen LogP contribution is 2.33. The Bertz CT molecular complexity index is 1210. The van der Waals surface area contributed by atoms with Crippen molar-refractivity contribution in [2.75, 3.05) is 5.32 Å². The molecule has 0 saturated carbocycles. The number of rotatable bonds is 6. The van der Waals surface area contributed by atoms with E-state index in [1.165, 1.54) is 10.9 Å². The molecule has 0 spiro atoms. The van der Waals surface area contributed by atoms with Crippen molar-refractivity contribution in [3.05, 3.63) is 95.5 Å². The van der Waals surface area contributed by atoms with Crippen LogP contribution in [0.25, 0.3) is 10.9 Å². The number of carbonyl (C=O) groups excluding carboxylic acids is 1. The van der Waals surface area contributed by atoms with E-state index in [0.29, 0.717) is 10.9 Å². The van der Waals surface area contributed by atoms with Gasteiger partial charge in [0.1, 0.15) is 0 Å². The van der Waals surface area contributed by atoms with Gasteiger partial charge in [0.2, 0.25) is 5.91 Å². The number of anilines is 1. The Labute approximate surface area is 172 Å². The van der Waals surface area contributed by atoms with E-state index in [1.807, 2.05) is 66.7 Å². The minimum Gasteiger partial charge on any atom is -0.325 e. The maximum absolute atomic E-state index is 12.5. The summed E-state index contributed by atoms with van der Waals surface area (Å²) in [6.45, 7) is 0.274. The molecule has 4 aromatic rings. The van der Waals surface area contributed by atoms with E-state index in [2.05, 4.69) is 10.3 Å². The molecule has 0 radical (unpaired) electrons. The standard InChI is InChI=1S/C23H19N3O2S/c27-22(14-15-26-16-24-19-11-5-4-10-18(19)23(26)28)25-20-12-6-7-13-21(20)29-17-8-2-1-3-9-17/h1-13,16H,14-15H2,(H,25,27). The Morgan fingerprint density at radius 2 is 1.66 bits per heavy atom. The molecule has 0 saturated heterocycles. The fourth-order valence-electron chi connectivity index (χ4n) is 2.97. The van der Waals surface area contributed by atoms with Crippen LogP contribution < -0.4 is 10.9 Å². The second kappa shape index (κ2) is 8.75. The molecule has 1 aromatic heterocycles. The Hall–Kier alpha value is -3.38. The molecule has 3 aromatic carbocycles. The minimum atomic E-state index is -0.147. The molecule has 0 unspecified atom stereocenters. The van der Waals surface area contributed by atoms with Crippen LogP contribution in [0.4, 0.5) is 5.69 Å². The van der Waals surface area contributed by atoms with Gasteiger partial charge in [0, 0.05) is 22.8 Å². The zero-order valence-corrected chi connectivity index (χ0v) is 16.4. The van der Waals surface area contributed by atoms with Crippen molar-refractivity contribution in [1.82, 2.24) is 9.55 Å². The average Bonchev–Trinajstić information content (AvgIpc) is 2.76. The molecule has 0 atom stereocenters. The molecule has 0 bridgehead atoms. The van der Waals surface area contributed by atoms with Gasteiger partial charge in [-0.15, -0.1) is 0 Å². The van der Waals surface area contributed by atoms with Crippen LogP contribution in [0.3, 0.4) is 0 Å². The van der Waals surface area contributed by atoms with E-state index in [-0.39, 0.29) is 24.4 Å². The third-order valence-electron chi connectivity index (χ3n) is 4.44. The molecular weight excluding hydrogens is 382 g/mol. The highest BCUT2D eigenvalue weighted by Gasteiger charge is 2.10. The lowest BCUT2D eigenvalue weighted by atomic mass is 10.2. The summed E-state index contributed by atoms with van der Waals surface area (Å²) in [5.41, 5.74) is 1.28. The van der Waals surface area contributed by atoms with Crippen LogP contribution in [0.5, 0.6) is 0 Å². The maximum Gasteiger partial charge on any atom is 0.261 e. The van der Waals surface area contributed by atoms with Crippen LogP contribution in [0.2, 0.25) is 0 Å². The van der Waals surface area contributed by atoms with Gasteiger partial charge in [0.05, 0.1) is 22.9 Å². The van der Waals surface area contributed by atoms with Gasteiger partial charge in [-0.2, -0.15) is 0 Å². The van der Waals surface area contributed by atoms with E-state index in [9.17, 15) is 9.59 Å². The van der Waals surface area contributed by atoms with Crippen LogP contribution >= 0.6 is 11.8 Å². The lowest BCUT2D eigenvalue weighted by Crippen LogP contribution is -2.23. The highest BCUT2D eigenvalue weighted by atomic mass is 32.2. The van der Waals surface area contributed by atoms with Gasteiger partial charge in [-0.1, -0.05) is 54.2 Å². The van der Waals surface area contributed by atoms with Crippen LogP contribution in [0.1, 0.15) is 6.42 Å². The van der Waals surface area contributed by atoms with Crippen LogP contribution in [0.15, 0.2) is 99.8 Å². The summed E-state index contributed by atoms with van der Waals surface area (Å²) >= 11 is 1.59. The first-order chi connectivity index (χ1) is 14.2. The maximum atomic E-state index is 12.5. The fraction of sp³-hybridized carbons (Fsp3) is 0.0870. The molecule has 5 nitrogen and oxygen atoms in total. The number of hydrogen-bond acceptors (Lipinski definition) is 4. The van der Waals surface area contributed by atoms with Crippen molar-refractivity contribution in [3.8, 4) is 0 Å². The van der Waals surface area contributed by atoms with Crippen molar-refractivity contribution in [1.29, 1.82) is 0 Å². The molecule has 0 fully saturated rings. The van der Waals surface area contributed by atoms with E-state index in [4.69, 9.17) is 0 Å². The summed E-state index contributed by atoms with van der Waals surface area (Å²) in [6, 6.07) is 24.9. The van der Waals surface area contributed by atoms with E-state index < -0.39 is 0 Å². The van der Waals surface area contributed by atoms with Gasteiger partial charge in [0.15, 0.2) is 0 Å². The normalized spacial score (nSPS) is 10.8. The molecule has 1 heterocycles. The molecule has 0 aliphatic heterocycles. The first-order valence-corrected chi connectivity index (χ1v) is 10.1. The van der Waals surface area contributed by atoms with E-state index in [1.54, 1.807) is 23.9 Å². The van der Waals surface area contributed by atoms with Crippen LogP contribution in [-0.4, -0.2) is 15.5 Å². The molecule has 6 heteroatoms. The summed E-state index contributed by atoms with van der Waals surface area (Å²) in [5.74, 6) is -0.147. The summed E-state index contributed by atoms with van der Waals surface area (Å²) in [5, 5.41) is 3.52. The quantitative estimate of drug-likeness (QED) is 0.514. The number of para-hydroxylation sites is 2. The molecule has 0 aliphatic rings. The Kier molecular flexibility index (Phi) is 5.72. The smallest absolute Gasteiger partial charge is 0.261 e. The van der Waals surface area contributed by atoms with Gasteiger partial charge in [0.25, 0.3) is 5.56 Å². The molecule has 4 rings (SSSR count). The van der Waals surface area contributed by atoms with Crippen molar-refractivity contribution in [2.24, 2.45) is 0 Å². The van der Waals surface area contributed by atoms with Crippen molar-refractivity contribution < 1.29 is 4.79 Å². The number of aryl methyl sites for hydroxylation is 1. The molecular formula is C23H19N3O2S. The van der Waals surface area contributed by atoms with Crippen LogP contribution in [0, 0.1) is 0 Å². The van der Waals surface area contributed by atoms with Crippen molar-refractivity contribution >= 4 is 34.3 Å². The highest BCUT2D eigenvalue weighted by molar-refractivity contribution is 7.99. The lowest BCUT2D eigenvalue weighted by molar-refractivity contribution is -0.116. The second-order valence-corrected chi connectivity index (χ2v) is 7.59. The molecule has 144 valence electrons. The molecule has 1 amide bonds. The zero-order chi connectivity index (χ0) is 20.1. The third kappa shape index (κ3) is 4.55. The van der Waals surface area contributed by atoms with E-state index >= 15 is 0 Å². The summed E-state index contributed by atoms with van der Waals surface area (Å²) in [7, 11) is 0. The predicted molar refractivity (Wildman–Crippen MR) is 116 cm³/mol. The van der Waals surface area contributed by atoms with Crippen molar-refractivity contribution in [2.45, 2.75) is 22.8 Å². The first kappa shape index (κ1) is 19.0. The minimum absolute atomic E-state index is 0.136. The number of carbonyl (C=O) groups is 1. The number of nitrogens with zero attached hydrogens (tertiary/aromatic N) is 2. The van der Waals surface area contributed by atoms with Crippen molar-refractivity contribution in [3.63, 3.8) is 0 Å². The predicted octanol–water partition coefficient (Wildman–Crippen LogP) is 4.58. The number of aromatic nitrogens is 2.